The molecule has 2 heterocycles. The Morgan fingerprint density at radius 1 is 0.978 bits per heavy atom. The normalized spacial score (nSPS) is 15.9. The summed E-state index contributed by atoms with van der Waals surface area (Å²) in [5, 5.41) is 21.4. The lowest BCUT2D eigenvalue weighted by Crippen LogP contribution is -2.29. The van der Waals surface area contributed by atoms with Gasteiger partial charge >= 0.3 is 5.91 Å². The summed E-state index contributed by atoms with van der Waals surface area (Å²) in [5.41, 5.74) is 1.79. The summed E-state index contributed by atoms with van der Waals surface area (Å²) in [6, 6.07) is 18.3. The van der Waals surface area contributed by atoms with Gasteiger partial charge in [0.05, 0.1) is 24.8 Å². The fourth-order valence-corrected chi connectivity index (χ4v) is 7.26. The van der Waals surface area contributed by atoms with E-state index >= 15 is 0 Å². The maximum Gasteiger partial charge on any atom is 0.301 e. The molecule has 12 heteroatoms. The molecule has 0 radical (unpaired) electrons. The Balaban J connectivity index is 1.51. The number of halogens is 2. The number of carbonyl (C=O) groups is 2. The minimum absolute atomic E-state index is 0.0513. The van der Waals surface area contributed by atoms with Gasteiger partial charge in [-0.2, -0.15) is 0 Å². The van der Waals surface area contributed by atoms with Crippen molar-refractivity contribution in [3.8, 4) is 11.5 Å². The number of aliphatic hydroxyl groups is 1. The second-order valence-electron chi connectivity index (χ2n) is 10.1. The van der Waals surface area contributed by atoms with Crippen molar-refractivity contribution in [3.63, 3.8) is 0 Å². The highest BCUT2D eigenvalue weighted by Gasteiger charge is 2.48. The first kappa shape index (κ1) is 32.8. The number of hydrogen-bond donors (Lipinski definition) is 1. The van der Waals surface area contributed by atoms with E-state index < -0.39 is 17.7 Å². The second kappa shape index (κ2) is 15.1. The molecule has 234 valence electrons. The third-order valence-corrected chi connectivity index (χ3v) is 9.73. The Kier molecular flexibility index (Phi) is 11.0. The highest BCUT2D eigenvalue weighted by molar-refractivity contribution is 8.00. The highest BCUT2D eigenvalue weighted by atomic mass is 35.5. The minimum atomic E-state index is -0.965. The number of anilines is 1. The summed E-state index contributed by atoms with van der Waals surface area (Å²) in [4.78, 5) is 28.6. The maximum absolute atomic E-state index is 13.7. The number of benzene rings is 3. The number of aromatic nitrogens is 2. The molecule has 4 aromatic rings. The molecule has 8 nitrogen and oxygen atoms in total. The van der Waals surface area contributed by atoms with E-state index in [-0.39, 0.29) is 16.5 Å². The van der Waals surface area contributed by atoms with E-state index in [1.165, 1.54) is 28.0 Å². The molecule has 1 fully saturated rings. The lowest BCUT2D eigenvalue weighted by atomic mass is 9.95. The number of hydrogen-bond acceptors (Lipinski definition) is 9. The predicted octanol–water partition coefficient (Wildman–Crippen LogP) is 8.73. The molecule has 1 atom stereocenters. The molecule has 1 saturated heterocycles. The topological polar surface area (TPSA) is 102 Å². The number of thioether (sulfide) groups is 1. The van der Waals surface area contributed by atoms with Gasteiger partial charge in [0.15, 0.2) is 4.34 Å². The molecule has 1 N–H and O–H groups in total. The molecule has 1 aliphatic rings. The van der Waals surface area contributed by atoms with E-state index in [9.17, 15) is 14.7 Å². The second-order valence-corrected chi connectivity index (χ2v) is 13.2. The molecular formula is C33H31Cl2N3O5S2. The molecule has 1 aromatic heterocycles. The van der Waals surface area contributed by atoms with Crippen molar-refractivity contribution in [2.24, 2.45) is 0 Å². The lowest BCUT2D eigenvalue weighted by Gasteiger charge is -2.23. The van der Waals surface area contributed by atoms with Crippen molar-refractivity contribution < 1.29 is 24.2 Å². The zero-order valence-electron chi connectivity index (χ0n) is 24.7. The van der Waals surface area contributed by atoms with E-state index in [1.807, 2.05) is 19.1 Å². The summed E-state index contributed by atoms with van der Waals surface area (Å²) < 4.78 is 12.1. The summed E-state index contributed by atoms with van der Waals surface area (Å²) in [6.07, 6.45) is 3.02. The Morgan fingerprint density at radius 2 is 1.78 bits per heavy atom. The van der Waals surface area contributed by atoms with Crippen molar-refractivity contribution in [1.29, 1.82) is 0 Å². The summed E-state index contributed by atoms with van der Waals surface area (Å²) >= 11 is 14.9. The van der Waals surface area contributed by atoms with Crippen LogP contribution in [0.25, 0.3) is 5.76 Å². The fraction of sp³-hybridized carbons (Fsp3) is 0.273. The molecule has 0 aliphatic carbocycles. The number of amides is 1. The largest absolute Gasteiger partial charge is 0.507 e. The molecule has 1 amide bonds. The van der Waals surface area contributed by atoms with Crippen molar-refractivity contribution in [1.82, 2.24) is 10.2 Å². The monoisotopic (exact) mass is 683 g/mol. The average Bonchev–Trinajstić information content (AvgIpc) is 3.61. The number of rotatable bonds is 13. The fourth-order valence-electron chi connectivity index (χ4n) is 4.83. The highest BCUT2D eigenvalue weighted by Crippen LogP contribution is 2.45. The molecule has 0 spiro atoms. The van der Waals surface area contributed by atoms with Crippen LogP contribution < -0.4 is 14.4 Å². The van der Waals surface area contributed by atoms with Crippen LogP contribution in [0.5, 0.6) is 11.5 Å². The number of aliphatic hydroxyl groups excluding tert-OH is 1. The number of Topliss-reactive ketones (excluding diaryl/α,β-unsaturated/α-hetero) is 1. The Morgan fingerprint density at radius 3 is 2.51 bits per heavy atom. The molecule has 1 unspecified atom stereocenters. The molecule has 45 heavy (non-hydrogen) atoms. The third-order valence-electron chi connectivity index (χ3n) is 7.04. The Hall–Kier alpha value is -3.57. The van der Waals surface area contributed by atoms with Gasteiger partial charge in [-0.1, -0.05) is 84.3 Å². The molecule has 0 saturated carbocycles. The smallest absolute Gasteiger partial charge is 0.301 e. The molecule has 0 bridgehead atoms. The number of nitrogens with zero attached hydrogens (tertiary/aromatic N) is 3. The molecule has 3 aromatic carbocycles. The van der Waals surface area contributed by atoms with E-state index in [1.54, 1.807) is 54.6 Å². The van der Waals surface area contributed by atoms with Crippen molar-refractivity contribution in [2.75, 3.05) is 18.1 Å². The average molecular weight is 685 g/mol. The van der Waals surface area contributed by atoms with Gasteiger partial charge in [0, 0.05) is 21.4 Å². The van der Waals surface area contributed by atoms with E-state index in [0.29, 0.717) is 56.0 Å². The molecular weight excluding hydrogens is 653 g/mol. The quantitative estimate of drug-likeness (QED) is 0.0373. The summed E-state index contributed by atoms with van der Waals surface area (Å²) in [7, 11) is 0. The Bertz CT molecular complexity index is 1710. The third kappa shape index (κ3) is 7.64. The zero-order chi connectivity index (χ0) is 31.9. The first-order chi connectivity index (χ1) is 21.8. The SMILES string of the molecule is CCCCCOc1cccc(C2/C(=C(\O)c3ccc(OCC)cc3)C(=O)C(=O)N2c2nnc(SCc3ccc(Cl)cc3Cl)s2)c1. The summed E-state index contributed by atoms with van der Waals surface area (Å²) in [6.45, 7) is 5.03. The first-order valence-electron chi connectivity index (χ1n) is 14.5. The van der Waals surface area contributed by atoms with Gasteiger partial charge in [-0.25, -0.2) is 0 Å². The standard InChI is InChI=1S/C33H31Cl2N3O5S2/c1-3-5-6-16-43-25-9-7-8-21(17-25)28-27(29(39)20-11-14-24(15-12-20)42-4-2)30(40)31(41)38(28)32-36-37-33(45-32)44-19-22-10-13-23(34)18-26(22)35/h7-15,17-18,28,39H,3-6,16,19H2,1-2H3/b29-27+. The first-order valence-corrected chi connectivity index (χ1v) is 17.0. The number of ketones is 1. The van der Waals surface area contributed by atoms with Gasteiger partial charge in [-0.05, 0) is 73.0 Å². The van der Waals surface area contributed by atoms with Gasteiger partial charge in [0.2, 0.25) is 5.13 Å². The van der Waals surface area contributed by atoms with Crippen LogP contribution in [0.4, 0.5) is 5.13 Å². The number of ether oxygens (including phenoxy) is 2. The number of unbranched alkanes of at least 4 members (excludes halogenated alkanes) is 2. The van der Waals surface area contributed by atoms with Gasteiger partial charge in [-0.3, -0.25) is 14.5 Å². The van der Waals surface area contributed by atoms with Gasteiger partial charge in [0.25, 0.3) is 5.78 Å². The van der Waals surface area contributed by atoms with E-state index in [2.05, 4.69) is 17.1 Å². The summed E-state index contributed by atoms with van der Waals surface area (Å²) in [5.74, 6) is -0.202. The Labute approximate surface area is 280 Å². The van der Waals surface area contributed by atoms with Gasteiger partial charge in [-0.15, -0.1) is 10.2 Å². The van der Waals surface area contributed by atoms with Gasteiger partial charge in [0.1, 0.15) is 17.3 Å². The molecule has 1 aliphatic heterocycles. The van der Waals surface area contributed by atoms with Crippen molar-refractivity contribution in [2.45, 2.75) is 49.2 Å². The maximum atomic E-state index is 13.7. The van der Waals surface area contributed by atoms with Crippen LogP contribution in [0.1, 0.15) is 55.8 Å². The lowest BCUT2D eigenvalue weighted by molar-refractivity contribution is -0.132. The predicted molar refractivity (Wildman–Crippen MR) is 180 cm³/mol. The van der Waals surface area contributed by atoms with Crippen LogP contribution in [0.2, 0.25) is 10.0 Å². The van der Waals surface area contributed by atoms with E-state index in [0.717, 1.165) is 24.8 Å². The number of carbonyl (C=O) groups excluding carboxylic acids is 2. The zero-order valence-corrected chi connectivity index (χ0v) is 27.8. The van der Waals surface area contributed by atoms with Crippen LogP contribution in [-0.2, 0) is 15.3 Å². The van der Waals surface area contributed by atoms with Crippen LogP contribution in [-0.4, -0.2) is 40.2 Å². The van der Waals surface area contributed by atoms with Gasteiger partial charge < -0.3 is 14.6 Å². The van der Waals surface area contributed by atoms with Crippen LogP contribution in [0, 0.1) is 0 Å². The van der Waals surface area contributed by atoms with Crippen LogP contribution in [0.15, 0.2) is 76.6 Å². The molecule has 5 rings (SSSR count). The minimum Gasteiger partial charge on any atom is -0.507 e. The van der Waals surface area contributed by atoms with E-state index in [4.69, 9.17) is 32.7 Å². The van der Waals surface area contributed by atoms with Crippen molar-refractivity contribution >= 4 is 68.9 Å². The van der Waals surface area contributed by atoms with Crippen molar-refractivity contribution in [3.05, 3.63) is 99.0 Å². The van der Waals surface area contributed by atoms with Crippen LogP contribution in [0.3, 0.4) is 0 Å². The van der Waals surface area contributed by atoms with Crippen LogP contribution >= 0.6 is 46.3 Å².